The first-order valence-electron chi connectivity index (χ1n) is 5.57. The molecule has 1 aliphatic heterocycles. The van der Waals surface area contributed by atoms with Crippen LogP contribution in [-0.2, 0) is 18.4 Å². The second kappa shape index (κ2) is 3.11. The fourth-order valence-electron chi connectivity index (χ4n) is 2.60. The van der Waals surface area contributed by atoms with Crippen molar-refractivity contribution in [3.05, 3.63) is 17.0 Å². The van der Waals surface area contributed by atoms with E-state index < -0.39 is 0 Å². The zero-order valence-electron chi connectivity index (χ0n) is 9.72. The molecular weight excluding hydrogens is 172 g/mol. The van der Waals surface area contributed by atoms with Crippen molar-refractivity contribution in [2.24, 2.45) is 0 Å². The molecule has 0 aromatic carbocycles. The fraction of sp³-hybridized carbons (Fsp3) is 0.750. The Balaban J connectivity index is 2.53. The van der Waals surface area contributed by atoms with Gasteiger partial charge in [0.1, 0.15) is 0 Å². The summed E-state index contributed by atoms with van der Waals surface area (Å²) in [6, 6.07) is 0. The first-order chi connectivity index (χ1) is 6.50. The fourth-order valence-corrected chi connectivity index (χ4v) is 2.60. The van der Waals surface area contributed by atoms with Crippen LogP contribution >= 0.6 is 0 Å². The summed E-state index contributed by atoms with van der Waals surface area (Å²) in [5, 5.41) is 4.63. The van der Waals surface area contributed by atoms with Crippen molar-refractivity contribution in [2.75, 3.05) is 0 Å². The number of aryl methyl sites for hydroxylation is 2. The van der Waals surface area contributed by atoms with Crippen molar-refractivity contribution in [3.8, 4) is 0 Å². The van der Waals surface area contributed by atoms with Gasteiger partial charge < -0.3 is 0 Å². The van der Waals surface area contributed by atoms with Crippen molar-refractivity contribution in [1.82, 2.24) is 9.78 Å². The van der Waals surface area contributed by atoms with Crippen molar-refractivity contribution < 1.29 is 0 Å². The first kappa shape index (κ1) is 9.75. The van der Waals surface area contributed by atoms with Gasteiger partial charge in [-0.1, -0.05) is 20.8 Å². The summed E-state index contributed by atoms with van der Waals surface area (Å²) in [7, 11) is 0. The highest BCUT2D eigenvalue weighted by Gasteiger charge is 2.26. The van der Waals surface area contributed by atoms with Gasteiger partial charge in [-0.15, -0.1) is 0 Å². The molecule has 0 N–H and O–H groups in total. The second-order valence-corrected chi connectivity index (χ2v) is 5.34. The summed E-state index contributed by atoms with van der Waals surface area (Å²) < 4.78 is 2.22. The highest BCUT2D eigenvalue weighted by molar-refractivity contribution is 5.33. The quantitative estimate of drug-likeness (QED) is 0.618. The lowest BCUT2D eigenvalue weighted by Crippen LogP contribution is -2.18. The number of hydrogen-bond acceptors (Lipinski definition) is 1. The van der Waals surface area contributed by atoms with E-state index in [0.29, 0.717) is 0 Å². The molecule has 0 spiro atoms. The van der Waals surface area contributed by atoms with Gasteiger partial charge in [0.15, 0.2) is 0 Å². The van der Waals surface area contributed by atoms with Gasteiger partial charge >= 0.3 is 0 Å². The van der Waals surface area contributed by atoms with E-state index in [1.54, 1.807) is 0 Å². The molecule has 0 bridgehead atoms. The van der Waals surface area contributed by atoms with Gasteiger partial charge in [0, 0.05) is 17.8 Å². The van der Waals surface area contributed by atoms with Gasteiger partial charge in [-0.25, -0.2) is 0 Å². The summed E-state index contributed by atoms with van der Waals surface area (Å²) in [6.07, 6.45) is 3.83. The minimum atomic E-state index is 0.245. The lowest BCUT2D eigenvalue weighted by Gasteiger charge is -2.22. The number of rotatable bonds is 0. The molecule has 2 rings (SSSR count). The predicted molar refractivity (Wildman–Crippen MR) is 58.6 cm³/mol. The summed E-state index contributed by atoms with van der Waals surface area (Å²) in [4.78, 5) is 0. The highest BCUT2D eigenvalue weighted by Crippen LogP contribution is 2.31. The Morgan fingerprint density at radius 3 is 2.57 bits per heavy atom. The van der Waals surface area contributed by atoms with Crippen molar-refractivity contribution in [1.29, 1.82) is 0 Å². The Bertz CT molecular complexity index is 342. The van der Waals surface area contributed by atoms with Crippen LogP contribution in [0.15, 0.2) is 0 Å². The van der Waals surface area contributed by atoms with E-state index in [1.807, 2.05) is 0 Å². The Labute approximate surface area is 86.3 Å². The zero-order chi connectivity index (χ0) is 10.3. The van der Waals surface area contributed by atoms with Crippen LogP contribution in [-0.4, -0.2) is 9.78 Å². The van der Waals surface area contributed by atoms with Crippen LogP contribution in [0.25, 0.3) is 0 Å². The standard InChI is InChI=1S/C12H20N2/c1-9-11(12(2,3)4)10-7-5-6-8-14(10)13-9/h5-8H2,1-4H3. The molecule has 2 nitrogen and oxygen atoms in total. The average molecular weight is 192 g/mol. The highest BCUT2D eigenvalue weighted by atomic mass is 15.3. The Kier molecular flexibility index (Phi) is 2.17. The molecule has 2 heterocycles. The molecule has 0 radical (unpaired) electrons. The van der Waals surface area contributed by atoms with E-state index in [2.05, 4.69) is 37.5 Å². The molecule has 2 heteroatoms. The van der Waals surface area contributed by atoms with E-state index in [0.717, 1.165) is 6.54 Å². The maximum absolute atomic E-state index is 4.63. The van der Waals surface area contributed by atoms with E-state index in [4.69, 9.17) is 0 Å². The molecule has 0 saturated heterocycles. The normalized spacial score (nSPS) is 16.9. The topological polar surface area (TPSA) is 17.8 Å². The van der Waals surface area contributed by atoms with Gasteiger partial charge in [-0.05, 0) is 31.6 Å². The summed E-state index contributed by atoms with van der Waals surface area (Å²) in [5.74, 6) is 0. The first-order valence-corrected chi connectivity index (χ1v) is 5.57. The van der Waals surface area contributed by atoms with E-state index in [1.165, 1.54) is 36.2 Å². The molecule has 0 fully saturated rings. The van der Waals surface area contributed by atoms with Crippen LogP contribution in [0.1, 0.15) is 50.6 Å². The minimum Gasteiger partial charge on any atom is -0.269 e. The van der Waals surface area contributed by atoms with Crippen molar-refractivity contribution in [2.45, 2.75) is 58.9 Å². The van der Waals surface area contributed by atoms with Crippen LogP contribution < -0.4 is 0 Å². The van der Waals surface area contributed by atoms with Crippen LogP contribution in [0.3, 0.4) is 0 Å². The third-order valence-corrected chi connectivity index (χ3v) is 3.02. The Morgan fingerprint density at radius 2 is 1.93 bits per heavy atom. The monoisotopic (exact) mass is 192 g/mol. The van der Waals surface area contributed by atoms with E-state index >= 15 is 0 Å². The number of nitrogens with zero attached hydrogens (tertiary/aromatic N) is 2. The van der Waals surface area contributed by atoms with Crippen LogP contribution in [0, 0.1) is 6.92 Å². The van der Waals surface area contributed by atoms with Gasteiger partial charge in [-0.3, -0.25) is 4.68 Å². The Hall–Kier alpha value is -0.790. The summed E-state index contributed by atoms with van der Waals surface area (Å²) in [6.45, 7) is 10.1. The average Bonchev–Trinajstić information content (AvgIpc) is 2.38. The molecule has 78 valence electrons. The van der Waals surface area contributed by atoms with Crippen LogP contribution in [0.4, 0.5) is 0 Å². The van der Waals surface area contributed by atoms with Gasteiger partial charge in [-0.2, -0.15) is 5.10 Å². The molecule has 0 unspecified atom stereocenters. The lowest BCUT2D eigenvalue weighted by atomic mass is 9.84. The predicted octanol–water partition coefficient (Wildman–Crippen LogP) is 2.83. The lowest BCUT2D eigenvalue weighted by molar-refractivity contribution is 0.475. The Morgan fingerprint density at radius 1 is 1.21 bits per heavy atom. The number of fused-ring (bicyclic) bond motifs is 1. The van der Waals surface area contributed by atoms with Gasteiger partial charge in [0.25, 0.3) is 0 Å². The summed E-state index contributed by atoms with van der Waals surface area (Å²) >= 11 is 0. The van der Waals surface area contributed by atoms with Gasteiger partial charge in [0.2, 0.25) is 0 Å². The molecule has 0 atom stereocenters. The maximum atomic E-state index is 4.63. The number of aromatic nitrogens is 2. The van der Waals surface area contributed by atoms with E-state index in [-0.39, 0.29) is 5.41 Å². The minimum absolute atomic E-state index is 0.245. The molecule has 0 saturated carbocycles. The largest absolute Gasteiger partial charge is 0.269 e. The second-order valence-electron chi connectivity index (χ2n) is 5.34. The third-order valence-electron chi connectivity index (χ3n) is 3.02. The molecule has 1 aromatic heterocycles. The number of hydrogen-bond donors (Lipinski definition) is 0. The van der Waals surface area contributed by atoms with Crippen LogP contribution in [0.5, 0.6) is 0 Å². The molecular formula is C12H20N2. The van der Waals surface area contributed by atoms with Gasteiger partial charge in [0.05, 0.1) is 5.69 Å². The maximum Gasteiger partial charge on any atom is 0.0633 e. The summed E-state index contributed by atoms with van der Waals surface area (Å²) in [5.41, 5.74) is 4.45. The third kappa shape index (κ3) is 1.47. The molecule has 1 aromatic rings. The smallest absolute Gasteiger partial charge is 0.0633 e. The SMILES string of the molecule is Cc1nn2c(c1C(C)(C)C)CCCC2. The zero-order valence-corrected chi connectivity index (χ0v) is 9.72. The van der Waals surface area contributed by atoms with E-state index in [9.17, 15) is 0 Å². The molecule has 14 heavy (non-hydrogen) atoms. The van der Waals surface area contributed by atoms with Crippen LogP contribution in [0.2, 0.25) is 0 Å². The molecule has 0 amide bonds. The van der Waals surface area contributed by atoms with Crippen molar-refractivity contribution >= 4 is 0 Å². The van der Waals surface area contributed by atoms with Crippen molar-refractivity contribution in [3.63, 3.8) is 0 Å². The molecule has 0 aliphatic carbocycles. The molecule has 1 aliphatic rings.